The molecule has 0 spiro atoms. The van der Waals surface area contributed by atoms with Crippen molar-refractivity contribution in [3.8, 4) is 0 Å². The molecule has 0 radical (unpaired) electrons. The lowest BCUT2D eigenvalue weighted by molar-refractivity contribution is 0.0695. The van der Waals surface area contributed by atoms with Gasteiger partial charge >= 0.3 is 0 Å². The van der Waals surface area contributed by atoms with Gasteiger partial charge in [-0.05, 0) is 25.0 Å². The topological polar surface area (TPSA) is 69.5 Å². The molecule has 26 heavy (non-hydrogen) atoms. The van der Waals surface area contributed by atoms with Gasteiger partial charge in [-0.1, -0.05) is 6.07 Å². The monoisotopic (exact) mass is 358 g/mol. The van der Waals surface area contributed by atoms with Gasteiger partial charge in [0.05, 0.1) is 18.9 Å². The molecule has 1 unspecified atom stereocenters. The molecule has 0 saturated carbocycles. The molecular weight excluding hydrogens is 332 g/mol. The zero-order valence-electron chi connectivity index (χ0n) is 15.4. The number of rotatable bonds is 7. The minimum Gasteiger partial charge on any atom is -0.383 e. The molecule has 140 valence electrons. The summed E-state index contributed by atoms with van der Waals surface area (Å²) in [5.74, 6) is 1.24. The number of carbonyl (C=O) groups excluding carboxylic acids is 1. The molecule has 1 atom stereocenters. The number of imidazole rings is 1. The zero-order valence-corrected chi connectivity index (χ0v) is 15.4. The highest BCUT2D eigenvalue weighted by Crippen LogP contribution is 2.26. The Morgan fingerprint density at radius 1 is 1.31 bits per heavy atom. The molecule has 3 rings (SSSR count). The van der Waals surface area contributed by atoms with E-state index in [0.717, 1.165) is 37.4 Å². The number of methoxy groups -OCH3 is 2. The van der Waals surface area contributed by atoms with Crippen molar-refractivity contribution in [2.75, 3.05) is 33.9 Å². The lowest BCUT2D eigenvalue weighted by Gasteiger charge is -2.32. The second kappa shape index (κ2) is 8.91. The predicted molar refractivity (Wildman–Crippen MR) is 96.9 cm³/mol. The van der Waals surface area contributed by atoms with Crippen molar-refractivity contribution in [3.05, 3.63) is 47.8 Å². The molecule has 0 aromatic carbocycles. The standard InChI is InChI=1S/C19H26N4O3/c1-25-12-11-22-10-8-20-18(22)15-5-4-9-23(13-15)19(24)17-7-3-6-16(21-17)14-26-2/h3,6-8,10,15H,4-5,9,11-14H2,1-2H3. The average Bonchev–Trinajstić information content (AvgIpc) is 3.15. The molecule has 2 aromatic heterocycles. The first kappa shape index (κ1) is 18.5. The van der Waals surface area contributed by atoms with Gasteiger partial charge in [0.2, 0.25) is 0 Å². The average molecular weight is 358 g/mol. The van der Waals surface area contributed by atoms with Crippen molar-refractivity contribution >= 4 is 5.91 Å². The summed E-state index contributed by atoms with van der Waals surface area (Å²) in [6.45, 7) is 3.25. The van der Waals surface area contributed by atoms with Crippen molar-refractivity contribution in [1.29, 1.82) is 0 Å². The summed E-state index contributed by atoms with van der Waals surface area (Å²) >= 11 is 0. The Morgan fingerprint density at radius 3 is 3.00 bits per heavy atom. The summed E-state index contributed by atoms with van der Waals surface area (Å²) in [5, 5.41) is 0. The van der Waals surface area contributed by atoms with Crippen LogP contribution in [0.5, 0.6) is 0 Å². The fraction of sp³-hybridized carbons (Fsp3) is 0.526. The molecule has 1 fully saturated rings. The van der Waals surface area contributed by atoms with E-state index in [1.54, 1.807) is 20.3 Å². The van der Waals surface area contributed by atoms with Crippen LogP contribution in [0.4, 0.5) is 0 Å². The smallest absolute Gasteiger partial charge is 0.272 e. The number of aromatic nitrogens is 3. The van der Waals surface area contributed by atoms with E-state index in [1.165, 1.54) is 0 Å². The Balaban J connectivity index is 1.71. The molecule has 1 amide bonds. The molecule has 0 bridgehead atoms. The van der Waals surface area contributed by atoms with E-state index in [4.69, 9.17) is 9.47 Å². The molecule has 1 aliphatic rings. The van der Waals surface area contributed by atoms with Gasteiger partial charge in [0.25, 0.3) is 5.91 Å². The lowest BCUT2D eigenvalue weighted by atomic mass is 9.96. The van der Waals surface area contributed by atoms with Crippen molar-refractivity contribution in [2.45, 2.75) is 31.9 Å². The number of ether oxygens (including phenoxy) is 2. The van der Waals surface area contributed by atoms with Gasteiger partial charge in [-0.3, -0.25) is 4.79 Å². The Bertz CT molecular complexity index is 731. The van der Waals surface area contributed by atoms with E-state index >= 15 is 0 Å². The number of amides is 1. The van der Waals surface area contributed by atoms with Gasteiger partial charge in [0.1, 0.15) is 11.5 Å². The van der Waals surface area contributed by atoms with Crippen LogP contribution in [0, 0.1) is 0 Å². The summed E-state index contributed by atoms with van der Waals surface area (Å²) in [4.78, 5) is 23.8. The maximum Gasteiger partial charge on any atom is 0.272 e. The molecular formula is C19H26N4O3. The quantitative estimate of drug-likeness (QED) is 0.758. The van der Waals surface area contributed by atoms with Gasteiger partial charge in [-0.15, -0.1) is 0 Å². The third-order valence-corrected chi connectivity index (χ3v) is 4.68. The van der Waals surface area contributed by atoms with Crippen LogP contribution in [0.1, 0.15) is 40.8 Å². The lowest BCUT2D eigenvalue weighted by Crippen LogP contribution is -2.40. The first-order valence-corrected chi connectivity index (χ1v) is 8.97. The molecule has 0 N–H and O–H groups in total. The summed E-state index contributed by atoms with van der Waals surface area (Å²) in [6, 6.07) is 5.49. The van der Waals surface area contributed by atoms with E-state index in [1.807, 2.05) is 29.4 Å². The Morgan fingerprint density at radius 2 is 2.19 bits per heavy atom. The Hall–Kier alpha value is -2.25. The van der Waals surface area contributed by atoms with Gasteiger partial charge < -0.3 is 18.9 Å². The number of piperidine rings is 1. The van der Waals surface area contributed by atoms with E-state index < -0.39 is 0 Å². The van der Waals surface area contributed by atoms with E-state index in [2.05, 4.69) is 14.5 Å². The van der Waals surface area contributed by atoms with E-state index in [-0.39, 0.29) is 11.8 Å². The van der Waals surface area contributed by atoms with Crippen LogP contribution in [0.3, 0.4) is 0 Å². The predicted octanol–water partition coefficient (Wildman–Crippen LogP) is 2.09. The third kappa shape index (κ3) is 4.28. The molecule has 1 saturated heterocycles. The van der Waals surface area contributed by atoms with Crippen LogP contribution in [-0.2, 0) is 22.6 Å². The van der Waals surface area contributed by atoms with Gasteiger partial charge in [0, 0.05) is 52.2 Å². The summed E-state index contributed by atoms with van der Waals surface area (Å²) in [5.41, 5.74) is 1.24. The number of hydrogen-bond donors (Lipinski definition) is 0. The van der Waals surface area contributed by atoms with Gasteiger partial charge in [-0.25, -0.2) is 9.97 Å². The Labute approximate surface area is 154 Å². The molecule has 0 aliphatic carbocycles. The summed E-state index contributed by atoms with van der Waals surface area (Å²) in [7, 11) is 3.32. The number of nitrogens with zero attached hydrogens (tertiary/aromatic N) is 4. The van der Waals surface area contributed by atoms with Crippen LogP contribution < -0.4 is 0 Å². The number of pyridine rings is 1. The second-order valence-corrected chi connectivity index (χ2v) is 6.51. The van der Waals surface area contributed by atoms with Crippen LogP contribution in [0.2, 0.25) is 0 Å². The van der Waals surface area contributed by atoms with Crippen molar-refractivity contribution in [1.82, 2.24) is 19.4 Å². The number of hydrogen-bond acceptors (Lipinski definition) is 5. The highest BCUT2D eigenvalue weighted by atomic mass is 16.5. The van der Waals surface area contributed by atoms with Gasteiger partial charge in [-0.2, -0.15) is 0 Å². The molecule has 7 heteroatoms. The van der Waals surface area contributed by atoms with Crippen LogP contribution in [-0.4, -0.2) is 59.3 Å². The SMILES string of the molecule is COCCn1ccnc1C1CCCN(C(=O)c2cccc(COC)n2)C1. The third-order valence-electron chi connectivity index (χ3n) is 4.68. The highest BCUT2D eigenvalue weighted by molar-refractivity contribution is 5.92. The first-order valence-electron chi connectivity index (χ1n) is 8.97. The fourth-order valence-corrected chi connectivity index (χ4v) is 3.42. The van der Waals surface area contributed by atoms with Crippen molar-refractivity contribution in [2.24, 2.45) is 0 Å². The largest absolute Gasteiger partial charge is 0.383 e. The van der Waals surface area contributed by atoms with Crippen LogP contribution in [0.25, 0.3) is 0 Å². The normalized spacial score (nSPS) is 17.5. The van der Waals surface area contributed by atoms with Gasteiger partial charge in [0.15, 0.2) is 0 Å². The Kier molecular flexibility index (Phi) is 6.35. The zero-order chi connectivity index (χ0) is 18.4. The van der Waals surface area contributed by atoms with Crippen molar-refractivity contribution in [3.63, 3.8) is 0 Å². The summed E-state index contributed by atoms with van der Waals surface area (Å²) in [6.07, 6.45) is 5.79. The number of carbonyl (C=O) groups is 1. The van der Waals surface area contributed by atoms with Crippen LogP contribution in [0.15, 0.2) is 30.6 Å². The number of likely N-dealkylation sites (tertiary alicyclic amines) is 1. The highest BCUT2D eigenvalue weighted by Gasteiger charge is 2.28. The summed E-state index contributed by atoms with van der Waals surface area (Å²) < 4.78 is 12.4. The molecule has 3 heterocycles. The fourth-order valence-electron chi connectivity index (χ4n) is 3.42. The maximum atomic E-state index is 12.9. The molecule has 1 aliphatic heterocycles. The minimum absolute atomic E-state index is 0.0253. The van der Waals surface area contributed by atoms with E-state index in [9.17, 15) is 4.79 Å². The first-order chi connectivity index (χ1) is 12.7. The maximum absolute atomic E-state index is 12.9. The van der Waals surface area contributed by atoms with Crippen LogP contribution >= 0.6 is 0 Å². The molecule has 2 aromatic rings. The second-order valence-electron chi connectivity index (χ2n) is 6.51. The minimum atomic E-state index is -0.0253. The molecule has 7 nitrogen and oxygen atoms in total. The van der Waals surface area contributed by atoms with E-state index in [0.29, 0.717) is 25.5 Å². The van der Waals surface area contributed by atoms with Crippen molar-refractivity contribution < 1.29 is 14.3 Å².